The molecule has 1 aromatic heterocycles. The van der Waals surface area contributed by atoms with E-state index in [4.69, 9.17) is 9.15 Å². The maximum Gasteiger partial charge on any atom is 0.310 e. The Kier molecular flexibility index (Phi) is 4.53. The van der Waals surface area contributed by atoms with Gasteiger partial charge in [-0.25, -0.2) is 0 Å². The highest BCUT2D eigenvalue weighted by atomic mass is 16.5. The van der Waals surface area contributed by atoms with Gasteiger partial charge < -0.3 is 19.0 Å². The minimum atomic E-state index is -0.262. The molecule has 3 atom stereocenters. The number of fused-ring (bicyclic) bond motifs is 2. The van der Waals surface area contributed by atoms with Crippen molar-refractivity contribution in [3.8, 4) is 0 Å². The van der Waals surface area contributed by atoms with Gasteiger partial charge in [0.1, 0.15) is 0 Å². The molecular weight excluding hydrogens is 336 g/mol. The summed E-state index contributed by atoms with van der Waals surface area (Å²) in [5, 5.41) is 0. The molecule has 1 saturated heterocycles. The van der Waals surface area contributed by atoms with Gasteiger partial charge in [-0.1, -0.05) is 12.2 Å². The zero-order chi connectivity index (χ0) is 18.1. The summed E-state index contributed by atoms with van der Waals surface area (Å²) in [6, 6.07) is 3.30. The van der Waals surface area contributed by atoms with Crippen LogP contribution in [0.4, 0.5) is 0 Å². The number of hydrogen-bond donors (Lipinski definition) is 0. The zero-order valence-electron chi connectivity index (χ0n) is 14.5. The number of allylic oxidation sites excluding steroid dienone is 2. The van der Waals surface area contributed by atoms with E-state index >= 15 is 0 Å². The molecule has 1 aromatic rings. The van der Waals surface area contributed by atoms with Crippen molar-refractivity contribution in [3.63, 3.8) is 0 Å². The van der Waals surface area contributed by atoms with Gasteiger partial charge in [0.2, 0.25) is 0 Å². The molecule has 2 amide bonds. The van der Waals surface area contributed by atoms with E-state index in [1.54, 1.807) is 21.9 Å². The quantitative estimate of drug-likeness (QED) is 0.599. The van der Waals surface area contributed by atoms with E-state index in [2.05, 4.69) is 12.2 Å². The van der Waals surface area contributed by atoms with Gasteiger partial charge in [-0.05, 0) is 36.8 Å². The summed E-state index contributed by atoms with van der Waals surface area (Å²) in [5.41, 5.74) is 0. The van der Waals surface area contributed by atoms with Crippen molar-refractivity contribution in [2.24, 2.45) is 17.8 Å². The Morgan fingerprint density at radius 1 is 1.08 bits per heavy atom. The van der Waals surface area contributed by atoms with Crippen LogP contribution in [0.15, 0.2) is 35.0 Å². The molecule has 1 aliphatic heterocycles. The molecule has 7 nitrogen and oxygen atoms in total. The minimum absolute atomic E-state index is 0.0967. The SMILES string of the molecule is O=C(OCC(=O)N1CCN(C(=O)c2ccco2)CC1)C1CC2C=CC1C2. The average Bonchev–Trinajstić information content (AvgIpc) is 3.43. The van der Waals surface area contributed by atoms with Crippen molar-refractivity contribution >= 4 is 17.8 Å². The lowest BCUT2D eigenvalue weighted by molar-refractivity contribution is -0.156. The highest BCUT2D eigenvalue weighted by Crippen LogP contribution is 2.43. The van der Waals surface area contributed by atoms with E-state index in [1.165, 1.54) is 6.26 Å². The highest BCUT2D eigenvalue weighted by molar-refractivity contribution is 5.91. The summed E-state index contributed by atoms with van der Waals surface area (Å²) in [5.74, 6) is 0.341. The van der Waals surface area contributed by atoms with Gasteiger partial charge in [-0.3, -0.25) is 14.4 Å². The molecule has 0 N–H and O–H groups in total. The van der Waals surface area contributed by atoms with Crippen molar-refractivity contribution in [1.29, 1.82) is 0 Å². The summed E-state index contributed by atoms with van der Waals surface area (Å²) in [7, 11) is 0. The predicted octanol–water partition coefficient (Wildman–Crippen LogP) is 1.32. The van der Waals surface area contributed by atoms with Crippen molar-refractivity contribution < 1.29 is 23.5 Å². The molecule has 4 rings (SSSR count). The molecule has 0 radical (unpaired) electrons. The fourth-order valence-corrected chi connectivity index (χ4v) is 4.10. The number of esters is 1. The van der Waals surface area contributed by atoms with Crippen molar-refractivity contribution in [2.75, 3.05) is 32.8 Å². The number of ether oxygens (including phenoxy) is 1. The number of carbonyl (C=O) groups is 3. The largest absolute Gasteiger partial charge is 0.459 e. The van der Waals surface area contributed by atoms with E-state index < -0.39 is 0 Å². The monoisotopic (exact) mass is 358 g/mol. The number of hydrogen-bond acceptors (Lipinski definition) is 5. The molecule has 3 aliphatic rings. The van der Waals surface area contributed by atoms with Crippen LogP contribution in [0, 0.1) is 17.8 Å². The summed E-state index contributed by atoms with van der Waals surface area (Å²) in [6.45, 7) is 1.52. The van der Waals surface area contributed by atoms with Gasteiger partial charge in [0.15, 0.2) is 12.4 Å². The molecule has 1 saturated carbocycles. The standard InChI is InChI=1S/C19H22N2O5/c22-17(12-26-19(24)15-11-13-3-4-14(15)10-13)20-5-7-21(8-6-20)18(23)16-2-1-9-25-16/h1-4,9,13-15H,5-8,10-12H2. The summed E-state index contributed by atoms with van der Waals surface area (Å²) in [6.07, 6.45) is 7.59. The molecule has 0 spiro atoms. The fraction of sp³-hybridized carbons (Fsp3) is 0.526. The summed E-state index contributed by atoms with van der Waals surface area (Å²) in [4.78, 5) is 40.0. The van der Waals surface area contributed by atoms with E-state index in [1.807, 2.05) is 0 Å². The van der Waals surface area contributed by atoms with Gasteiger partial charge in [0, 0.05) is 26.2 Å². The molecular formula is C19H22N2O5. The van der Waals surface area contributed by atoms with Crippen molar-refractivity contribution in [2.45, 2.75) is 12.8 Å². The molecule has 0 aromatic carbocycles. The third-order valence-electron chi connectivity index (χ3n) is 5.57. The summed E-state index contributed by atoms with van der Waals surface area (Å²) >= 11 is 0. The van der Waals surface area contributed by atoms with Crippen molar-refractivity contribution in [3.05, 3.63) is 36.3 Å². The first-order valence-corrected chi connectivity index (χ1v) is 9.07. The van der Waals surface area contributed by atoms with E-state index in [-0.39, 0.29) is 36.2 Å². The molecule has 138 valence electrons. The molecule has 7 heteroatoms. The maximum absolute atomic E-state index is 12.3. The second-order valence-electron chi connectivity index (χ2n) is 7.14. The third kappa shape index (κ3) is 3.25. The number of rotatable bonds is 4. The molecule has 2 heterocycles. The smallest absolute Gasteiger partial charge is 0.310 e. The molecule has 2 aliphatic carbocycles. The Bertz CT molecular complexity index is 718. The first kappa shape index (κ1) is 16.9. The number of furan rings is 1. The number of carbonyl (C=O) groups excluding carboxylic acids is 3. The second kappa shape index (κ2) is 6.97. The van der Waals surface area contributed by atoms with E-state index in [0.717, 1.165) is 12.8 Å². The Balaban J connectivity index is 1.22. The average molecular weight is 358 g/mol. The van der Waals surface area contributed by atoms with Crippen LogP contribution in [0.25, 0.3) is 0 Å². The van der Waals surface area contributed by atoms with Crippen LogP contribution < -0.4 is 0 Å². The van der Waals surface area contributed by atoms with Crippen LogP contribution in [-0.4, -0.2) is 60.4 Å². The minimum Gasteiger partial charge on any atom is -0.459 e. The lowest BCUT2D eigenvalue weighted by Crippen LogP contribution is -2.51. The zero-order valence-corrected chi connectivity index (χ0v) is 14.5. The molecule has 2 fully saturated rings. The number of nitrogens with zero attached hydrogens (tertiary/aromatic N) is 2. The van der Waals surface area contributed by atoms with Crippen LogP contribution in [0.1, 0.15) is 23.4 Å². The van der Waals surface area contributed by atoms with Gasteiger partial charge in [0.05, 0.1) is 12.2 Å². The van der Waals surface area contributed by atoms with E-state index in [0.29, 0.717) is 37.9 Å². The first-order valence-electron chi connectivity index (χ1n) is 9.07. The number of amides is 2. The van der Waals surface area contributed by atoms with E-state index in [9.17, 15) is 14.4 Å². The third-order valence-corrected chi connectivity index (χ3v) is 5.57. The second-order valence-corrected chi connectivity index (χ2v) is 7.14. The van der Waals surface area contributed by atoms with Crippen LogP contribution in [0.2, 0.25) is 0 Å². The van der Waals surface area contributed by atoms with Crippen LogP contribution >= 0.6 is 0 Å². The van der Waals surface area contributed by atoms with Gasteiger partial charge in [-0.2, -0.15) is 0 Å². The predicted molar refractivity (Wildman–Crippen MR) is 91.0 cm³/mol. The van der Waals surface area contributed by atoms with Crippen LogP contribution in [0.5, 0.6) is 0 Å². The lowest BCUT2D eigenvalue weighted by atomic mass is 9.94. The maximum atomic E-state index is 12.3. The Morgan fingerprint density at radius 3 is 2.46 bits per heavy atom. The normalized spacial score (nSPS) is 27.0. The Labute approximate surface area is 151 Å². The van der Waals surface area contributed by atoms with Gasteiger partial charge in [-0.15, -0.1) is 0 Å². The summed E-state index contributed by atoms with van der Waals surface area (Å²) < 4.78 is 10.4. The molecule has 26 heavy (non-hydrogen) atoms. The van der Waals surface area contributed by atoms with Gasteiger partial charge >= 0.3 is 5.97 Å². The van der Waals surface area contributed by atoms with Crippen LogP contribution in [-0.2, 0) is 14.3 Å². The first-order chi connectivity index (χ1) is 12.6. The fourth-order valence-electron chi connectivity index (χ4n) is 4.10. The molecule has 2 bridgehead atoms. The highest BCUT2D eigenvalue weighted by Gasteiger charge is 2.41. The lowest BCUT2D eigenvalue weighted by Gasteiger charge is -2.34. The van der Waals surface area contributed by atoms with Crippen LogP contribution in [0.3, 0.4) is 0 Å². The van der Waals surface area contributed by atoms with Crippen molar-refractivity contribution in [1.82, 2.24) is 9.80 Å². The molecule has 3 unspecified atom stereocenters. The van der Waals surface area contributed by atoms with Gasteiger partial charge in [0.25, 0.3) is 11.8 Å². The topological polar surface area (TPSA) is 80.1 Å². The Hall–Kier alpha value is -2.57. The Morgan fingerprint density at radius 2 is 1.85 bits per heavy atom. The number of piperazine rings is 1.